The van der Waals surface area contributed by atoms with Crippen LogP contribution in [0.25, 0.3) is 0 Å². The van der Waals surface area contributed by atoms with Crippen molar-refractivity contribution in [2.45, 2.75) is 79.0 Å². The summed E-state index contributed by atoms with van der Waals surface area (Å²) in [6.07, 6.45) is 0.829. The number of benzene rings is 2. The molecule has 3 aromatic rings. The Hall–Kier alpha value is -3.40. The Morgan fingerprint density at radius 3 is 1.95 bits per heavy atom. The van der Waals surface area contributed by atoms with Crippen LogP contribution in [0.1, 0.15) is 58.7 Å². The molecule has 1 aliphatic rings. The molecule has 6 heteroatoms. The summed E-state index contributed by atoms with van der Waals surface area (Å²) in [4.78, 5) is 19.3. The van der Waals surface area contributed by atoms with Crippen molar-refractivity contribution < 1.29 is 14.3 Å². The Kier molecular flexibility index (Phi) is 9.03. The van der Waals surface area contributed by atoms with Gasteiger partial charge in [-0.15, -0.1) is 5.54 Å². The zero-order valence-corrected chi connectivity index (χ0v) is 25.4. The van der Waals surface area contributed by atoms with Crippen molar-refractivity contribution >= 4 is 20.0 Å². The molecule has 0 bridgehead atoms. The van der Waals surface area contributed by atoms with Gasteiger partial charge in [-0.05, 0) is 42.5 Å². The van der Waals surface area contributed by atoms with E-state index in [0.29, 0.717) is 12.4 Å². The minimum atomic E-state index is -1.51. The molecule has 0 radical (unpaired) electrons. The molecule has 2 heterocycles. The third-order valence-corrected chi connectivity index (χ3v) is 7.91. The number of pyridine rings is 1. The summed E-state index contributed by atoms with van der Waals surface area (Å²) in [5.41, 5.74) is 4.27. The lowest BCUT2D eigenvalue weighted by molar-refractivity contribution is -0.191. The monoisotopic (exact) mass is 556 g/mol. The summed E-state index contributed by atoms with van der Waals surface area (Å²) in [6, 6.07) is 24.4. The maximum atomic E-state index is 13.2. The molecule has 0 aliphatic carbocycles. The number of ether oxygens (including phenoxy) is 2. The van der Waals surface area contributed by atoms with Crippen LogP contribution in [0.5, 0.6) is 0 Å². The van der Waals surface area contributed by atoms with E-state index in [1.54, 1.807) is 11.1 Å². The zero-order chi connectivity index (χ0) is 28.5. The van der Waals surface area contributed by atoms with Gasteiger partial charge in [-0.1, -0.05) is 114 Å². The Morgan fingerprint density at radius 1 is 0.950 bits per heavy atom. The second-order valence-corrected chi connectivity index (χ2v) is 17.5. The lowest BCUT2D eigenvalue weighted by Crippen LogP contribution is -2.61. The molecule has 212 valence electrons. The number of hydrogen-bond acceptors (Lipinski definition) is 4. The molecule has 1 fully saturated rings. The molecule has 0 spiro atoms. The predicted octanol–water partition coefficient (Wildman–Crippen LogP) is 8.06. The highest BCUT2D eigenvalue weighted by Gasteiger charge is 2.53. The molecule has 1 unspecified atom stereocenters. The molecule has 2 aromatic carbocycles. The molecule has 0 saturated carbocycles. The number of hydrogen-bond donors (Lipinski definition) is 0. The molecular formula is C34H44N2O3Si. The van der Waals surface area contributed by atoms with Crippen LogP contribution in [0.2, 0.25) is 19.6 Å². The first-order valence-corrected chi connectivity index (χ1v) is 17.0. The molecule has 4 rings (SSSR count). The molecular weight excluding hydrogens is 512 g/mol. The SMILES string of the molecule is C.CC1(C)OC(=O)N(c2ccc(C#C[Si](C)(C)C)cn2)CC1OC(c1ccccc1)(c1ccccc1)C(C)(C)C. The molecule has 0 N–H and O–H groups in total. The maximum absolute atomic E-state index is 13.2. The first-order valence-electron chi connectivity index (χ1n) is 13.5. The third-order valence-electron chi connectivity index (χ3n) is 7.04. The summed E-state index contributed by atoms with van der Waals surface area (Å²) >= 11 is 0. The number of aromatic nitrogens is 1. The van der Waals surface area contributed by atoms with Crippen molar-refractivity contribution in [3.63, 3.8) is 0 Å². The summed E-state index contributed by atoms with van der Waals surface area (Å²) in [6.45, 7) is 17.3. The van der Waals surface area contributed by atoms with Crippen molar-refractivity contribution in [2.24, 2.45) is 5.41 Å². The van der Waals surface area contributed by atoms with Crippen LogP contribution < -0.4 is 4.90 Å². The average molecular weight is 557 g/mol. The van der Waals surface area contributed by atoms with Gasteiger partial charge >= 0.3 is 6.09 Å². The standard InChI is InChI=1S/C33H40N2O3Si.CH4/c1-31(2,3)33(26-15-11-9-12-16-26,27-17-13-10-14-18-27)37-28-24-35(30(36)38-32(28,4)5)29-20-19-25(23-34-29)21-22-39(6,7)8;/h9-20,23,28H,24H2,1-8H3;1H4. The normalized spacial score (nSPS) is 17.2. The topological polar surface area (TPSA) is 51.7 Å². The highest BCUT2D eigenvalue weighted by molar-refractivity contribution is 6.83. The second-order valence-electron chi connectivity index (χ2n) is 12.8. The fourth-order valence-electron chi connectivity index (χ4n) is 4.96. The first kappa shape index (κ1) is 31.1. The van der Waals surface area contributed by atoms with Crippen molar-refractivity contribution in [1.29, 1.82) is 0 Å². The van der Waals surface area contributed by atoms with Gasteiger partial charge in [0, 0.05) is 11.8 Å². The number of rotatable bonds is 5. The van der Waals surface area contributed by atoms with Gasteiger partial charge in [0.1, 0.15) is 31.2 Å². The largest absolute Gasteiger partial charge is 0.440 e. The van der Waals surface area contributed by atoms with Crippen molar-refractivity contribution in [1.82, 2.24) is 4.98 Å². The Labute approximate surface area is 241 Å². The van der Waals surface area contributed by atoms with Gasteiger partial charge in [0.25, 0.3) is 0 Å². The van der Waals surface area contributed by atoms with Crippen LogP contribution in [0, 0.1) is 16.9 Å². The number of anilines is 1. The van der Waals surface area contributed by atoms with Gasteiger partial charge < -0.3 is 9.47 Å². The predicted molar refractivity (Wildman–Crippen MR) is 167 cm³/mol. The van der Waals surface area contributed by atoms with Gasteiger partial charge in [0.05, 0.1) is 6.54 Å². The second kappa shape index (κ2) is 11.6. The molecule has 1 amide bonds. The summed E-state index contributed by atoms with van der Waals surface area (Å²) in [5, 5.41) is 0. The number of carbonyl (C=O) groups is 1. The van der Waals surface area contributed by atoms with E-state index >= 15 is 0 Å². The minimum Gasteiger partial charge on any atom is -0.440 e. The van der Waals surface area contributed by atoms with Crippen LogP contribution >= 0.6 is 0 Å². The Bertz CT molecular complexity index is 1310. The Morgan fingerprint density at radius 2 is 1.50 bits per heavy atom. The molecule has 1 saturated heterocycles. The van der Waals surface area contributed by atoms with Crippen molar-refractivity contribution in [2.75, 3.05) is 11.4 Å². The quantitative estimate of drug-likeness (QED) is 0.236. The van der Waals surface area contributed by atoms with Crippen LogP contribution in [0.15, 0.2) is 79.0 Å². The highest BCUT2D eigenvalue weighted by atomic mass is 28.3. The maximum Gasteiger partial charge on any atom is 0.416 e. The Balaban J connectivity index is 0.00000441. The lowest BCUT2D eigenvalue weighted by Gasteiger charge is -2.51. The summed E-state index contributed by atoms with van der Waals surface area (Å²) in [7, 11) is -1.51. The third kappa shape index (κ3) is 6.49. The van der Waals surface area contributed by atoms with E-state index in [4.69, 9.17) is 9.47 Å². The zero-order valence-electron chi connectivity index (χ0n) is 24.4. The average Bonchev–Trinajstić information content (AvgIpc) is 2.87. The van der Waals surface area contributed by atoms with E-state index in [9.17, 15) is 4.79 Å². The van der Waals surface area contributed by atoms with E-state index in [0.717, 1.165) is 16.7 Å². The van der Waals surface area contributed by atoms with E-state index in [-0.39, 0.29) is 12.8 Å². The molecule has 1 atom stereocenters. The van der Waals surface area contributed by atoms with Crippen LogP contribution in [0.4, 0.5) is 10.6 Å². The lowest BCUT2D eigenvalue weighted by atomic mass is 9.67. The summed E-state index contributed by atoms with van der Waals surface area (Å²) < 4.78 is 13.3. The van der Waals surface area contributed by atoms with Crippen molar-refractivity contribution in [3.8, 4) is 11.5 Å². The van der Waals surface area contributed by atoms with Crippen molar-refractivity contribution in [3.05, 3.63) is 95.7 Å². The molecule has 1 aromatic heterocycles. The molecule has 1 aliphatic heterocycles. The van der Waals surface area contributed by atoms with Crippen LogP contribution in [-0.4, -0.2) is 37.4 Å². The van der Waals surface area contributed by atoms with Gasteiger partial charge in [-0.2, -0.15) is 0 Å². The number of carbonyl (C=O) groups excluding carboxylic acids is 1. The van der Waals surface area contributed by atoms with Crippen LogP contribution in [0.3, 0.4) is 0 Å². The van der Waals surface area contributed by atoms with Gasteiger partial charge in [0.2, 0.25) is 0 Å². The molecule has 40 heavy (non-hydrogen) atoms. The van der Waals surface area contributed by atoms with E-state index in [1.807, 2.05) is 62.4 Å². The summed E-state index contributed by atoms with van der Waals surface area (Å²) in [5.74, 6) is 3.74. The van der Waals surface area contributed by atoms with Gasteiger partial charge in [-0.3, -0.25) is 4.90 Å². The number of nitrogens with zero attached hydrogens (tertiary/aromatic N) is 2. The highest BCUT2D eigenvalue weighted by Crippen LogP contribution is 2.50. The van der Waals surface area contributed by atoms with E-state index < -0.39 is 31.5 Å². The first-order chi connectivity index (χ1) is 18.2. The minimum absolute atomic E-state index is 0. The van der Waals surface area contributed by atoms with Gasteiger partial charge in [-0.25, -0.2) is 9.78 Å². The molecule has 5 nitrogen and oxygen atoms in total. The van der Waals surface area contributed by atoms with E-state index in [2.05, 4.69) is 81.1 Å². The van der Waals surface area contributed by atoms with Gasteiger partial charge in [0.15, 0.2) is 0 Å². The smallest absolute Gasteiger partial charge is 0.416 e. The van der Waals surface area contributed by atoms with Crippen LogP contribution in [-0.2, 0) is 15.1 Å². The van der Waals surface area contributed by atoms with E-state index in [1.165, 1.54) is 0 Å². The number of amides is 1. The number of cyclic esters (lactones) is 1. The fraction of sp³-hybridized carbons (Fsp3) is 0.412. The fourth-order valence-corrected chi connectivity index (χ4v) is 5.48.